The standard InChI is InChI=1S/C21H27NO2S/c1-13(2)10-15-11-16-18-6-4-14-5-7-19(23)21(24-3)17(14)12-22(18)9-8-20(16)25-15/h5,7,11,13,18,23H,4,6,8-10,12H2,1-3H3/t18-/m0/s1. The number of rotatable bonds is 3. The first-order chi connectivity index (χ1) is 12.1. The Morgan fingerprint density at radius 2 is 2.16 bits per heavy atom. The lowest BCUT2D eigenvalue weighted by Gasteiger charge is -2.34. The van der Waals surface area contributed by atoms with Crippen LogP contribution < -0.4 is 4.74 Å². The van der Waals surface area contributed by atoms with E-state index in [9.17, 15) is 5.11 Å². The maximum Gasteiger partial charge on any atom is 0.165 e. The van der Waals surface area contributed by atoms with Gasteiger partial charge in [-0.15, -0.1) is 11.3 Å². The van der Waals surface area contributed by atoms with Crippen molar-refractivity contribution in [2.75, 3.05) is 13.7 Å². The highest BCUT2D eigenvalue weighted by molar-refractivity contribution is 7.12. The summed E-state index contributed by atoms with van der Waals surface area (Å²) in [6.07, 6.45) is 4.52. The van der Waals surface area contributed by atoms with Crippen LogP contribution in [0.3, 0.4) is 0 Å². The predicted molar refractivity (Wildman–Crippen MR) is 103 cm³/mol. The van der Waals surface area contributed by atoms with Crippen LogP contribution >= 0.6 is 11.3 Å². The summed E-state index contributed by atoms with van der Waals surface area (Å²) in [6, 6.07) is 6.82. The summed E-state index contributed by atoms with van der Waals surface area (Å²) < 4.78 is 5.52. The molecule has 0 saturated carbocycles. The molecular weight excluding hydrogens is 330 g/mol. The summed E-state index contributed by atoms with van der Waals surface area (Å²) in [4.78, 5) is 5.72. The van der Waals surface area contributed by atoms with Crippen LogP contribution in [-0.4, -0.2) is 23.7 Å². The first-order valence-electron chi connectivity index (χ1n) is 9.30. The molecule has 0 fully saturated rings. The van der Waals surface area contributed by atoms with Crippen LogP contribution in [-0.2, 0) is 25.8 Å². The molecule has 4 heteroatoms. The van der Waals surface area contributed by atoms with E-state index in [0.717, 1.165) is 32.4 Å². The molecule has 1 aromatic heterocycles. The summed E-state index contributed by atoms with van der Waals surface area (Å²) >= 11 is 2.03. The average molecular weight is 358 g/mol. The van der Waals surface area contributed by atoms with E-state index in [1.54, 1.807) is 28.5 Å². The van der Waals surface area contributed by atoms with E-state index in [1.807, 2.05) is 11.3 Å². The normalized spacial score (nSPS) is 19.9. The molecule has 0 amide bonds. The second kappa shape index (κ2) is 6.65. The zero-order valence-corrected chi connectivity index (χ0v) is 16.2. The van der Waals surface area contributed by atoms with Gasteiger partial charge in [0.25, 0.3) is 0 Å². The van der Waals surface area contributed by atoms with Gasteiger partial charge in [-0.2, -0.15) is 0 Å². The van der Waals surface area contributed by atoms with E-state index < -0.39 is 0 Å². The van der Waals surface area contributed by atoms with Crippen molar-refractivity contribution >= 4 is 11.3 Å². The van der Waals surface area contributed by atoms with Crippen LogP contribution in [0.5, 0.6) is 11.5 Å². The van der Waals surface area contributed by atoms with Crippen molar-refractivity contribution in [3.05, 3.63) is 44.6 Å². The Kier molecular flexibility index (Phi) is 4.50. The quantitative estimate of drug-likeness (QED) is 0.864. The molecule has 0 aliphatic carbocycles. The maximum absolute atomic E-state index is 10.2. The van der Waals surface area contributed by atoms with Crippen molar-refractivity contribution in [1.82, 2.24) is 4.90 Å². The monoisotopic (exact) mass is 357 g/mol. The summed E-state index contributed by atoms with van der Waals surface area (Å²) in [6.45, 7) is 6.56. The number of nitrogens with zero attached hydrogens (tertiary/aromatic N) is 1. The number of aromatic hydroxyl groups is 1. The van der Waals surface area contributed by atoms with E-state index in [4.69, 9.17) is 4.74 Å². The van der Waals surface area contributed by atoms with Gasteiger partial charge in [-0.05, 0) is 54.9 Å². The SMILES string of the molecule is COc1c(O)ccc2c1CN1CCc3sc(CC(C)C)cc3[C@@H]1CC2. The van der Waals surface area contributed by atoms with Crippen molar-refractivity contribution in [1.29, 1.82) is 0 Å². The molecule has 4 rings (SSSR count). The van der Waals surface area contributed by atoms with Crippen LogP contribution in [0.4, 0.5) is 0 Å². The maximum atomic E-state index is 10.2. The Balaban J connectivity index is 1.67. The van der Waals surface area contributed by atoms with E-state index in [1.165, 1.54) is 17.5 Å². The van der Waals surface area contributed by atoms with Crippen LogP contribution in [0.25, 0.3) is 0 Å². The van der Waals surface area contributed by atoms with E-state index >= 15 is 0 Å². The molecular formula is C21H27NO2S. The third kappa shape index (κ3) is 3.06. The molecule has 0 radical (unpaired) electrons. The van der Waals surface area contributed by atoms with Gasteiger partial charge in [0.05, 0.1) is 7.11 Å². The fourth-order valence-electron chi connectivity index (χ4n) is 4.39. The van der Waals surface area contributed by atoms with Crippen molar-refractivity contribution in [2.24, 2.45) is 5.92 Å². The largest absolute Gasteiger partial charge is 0.504 e. The number of methoxy groups -OCH3 is 1. The van der Waals surface area contributed by atoms with Gasteiger partial charge in [-0.1, -0.05) is 19.9 Å². The first-order valence-corrected chi connectivity index (χ1v) is 10.1. The van der Waals surface area contributed by atoms with Gasteiger partial charge in [0.1, 0.15) is 0 Å². The number of phenols is 1. The third-order valence-electron chi connectivity index (χ3n) is 5.52. The van der Waals surface area contributed by atoms with Crippen molar-refractivity contribution < 1.29 is 9.84 Å². The zero-order chi connectivity index (χ0) is 17.6. The molecule has 25 heavy (non-hydrogen) atoms. The van der Waals surface area contributed by atoms with Gasteiger partial charge in [0, 0.05) is 34.4 Å². The number of phenolic OH excluding ortho intramolecular Hbond substituents is 1. The Bertz CT molecular complexity index is 780. The number of hydrogen-bond donors (Lipinski definition) is 1. The third-order valence-corrected chi connectivity index (χ3v) is 6.75. The second-order valence-corrected chi connectivity index (χ2v) is 8.94. The van der Waals surface area contributed by atoms with Gasteiger partial charge >= 0.3 is 0 Å². The number of benzene rings is 1. The molecule has 3 nitrogen and oxygen atoms in total. The molecule has 2 aromatic rings. The lowest BCUT2D eigenvalue weighted by Crippen LogP contribution is -2.33. The summed E-state index contributed by atoms with van der Waals surface area (Å²) in [5.74, 6) is 1.63. The highest BCUT2D eigenvalue weighted by Gasteiger charge is 2.33. The minimum atomic E-state index is 0.257. The van der Waals surface area contributed by atoms with Gasteiger partial charge in [-0.3, -0.25) is 4.90 Å². The van der Waals surface area contributed by atoms with Crippen molar-refractivity contribution in [2.45, 2.75) is 52.1 Å². The van der Waals surface area contributed by atoms with Crippen molar-refractivity contribution in [3.8, 4) is 11.5 Å². The van der Waals surface area contributed by atoms with Gasteiger partial charge in [0.2, 0.25) is 0 Å². The fourth-order valence-corrected chi connectivity index (χ4v) is 5.82. The number of fused-ring (bicyclic) bond motifs is 4. The Morgan fingerprint density at radius 3 is 2.92 bits per heavy atom. The van der Waals surface area contributed by atoms with E-state index in [0.29, 0.717) is 17.7 Å². The molecule has 0 bridgehead atoms. The van der Waals surface area contributed by atoms with Gasteiger partial charge in [-0.25, -0.2) is 0 Å². The van der Waals surface area contributed by atoms with Gasteiger partial charge < -0.3 is 9.84 Å². The van der Waals surface area contributed by atoms with Gasteiger partial charge in [0.15, 0.2) is 11.5 Å². The number of thiophene rings is 1. The Morgan fingerprint density at radius 1 is 1.32 bits per heavy atom. The summed E-state index contributed by atoms with van der Waals surface area (Å²) in [5, 5.41) is 10.2. The molecule has 2 aliphatic heterocycles. The summed E-state index contributed by atoms with van der Waals surface area (Å²) in [7, 11) is 1.66. The molecule has 0 spiro atoms. The predicted octanol–water partition coefficient (Wildman–Crippen LogP) is 4.71. The molecule has 1 aromatic carbocycles. The zero-order valence-electron chi connectivity index (χ0n) is 15.3. The summed E-state index contributed by atoms with van der Waals surface area (Å²) in [5.41, 5.74) is 4.05. The fraction of sp³-hybridized carbons (Fsp3) is 0.524. The molecule has 1 atom stereocenters. The molecule has 1 N–H and O–H groups in total. The Labute approximate surface area is 154 Å². The van der Waals surface area contributed by atoms with Crippen molar-refractivity contribution in [3.63, 3.8) is 0 Å². The van der Waals surface area contributed by atoms with Crippen LogP contribution in [0, 0.1) is 5.92 Å². The Hall–Kier alpha value is -1.52. The highest BCUT2D eigenvalue weighted by atomic mass is 32.1. The lowest BCUT2D eigenvalue weighted by atomic mass is 9.95. The molecule has 134 valence electrons. The number of aryl methyl sites for hydroxylation is 1. The van der Waals surface area contributed by atoms with E-state index in [-0.39, 0.29) is 5.75 Å². The first kappa shape index (κ1) is 16.9. The number of hydrogen-bond acceptors (Lipinski definition) is 4. The van der Waals surface area contributed by atoms with E-state index in [2.05, 4.69) is 30.9 Å². The van der Waals surface area contributed by atoms with Crippen LogP contribution in [0.1, 0.15) is 52.8 Å². The molecule has 0 saturated heterocycles. The van der Waals surface area contributed by atoms with Crippen LogP contribution in [0.15, 0.2) is 18.2 Å². The average Bonchev–Trinajstić information content (AvgIpc) is 2.87. The topological polar surface area (TPSA) is 32.7 Å². The van der Waals surface area contributed by atoms with Crippen LogP contribution in [0.2, 0.25) is 0 Å². The second-order valence-electron chi connectivity index (χ2n) is 7.72. The highest BCUT2D eigenvalue weighted by Crippen LogP contribution is 2.44. The minimum Gasteiger partial charge on any atom is -0.504 e. The lowest BCUT2D eigenvalue weighted by molar-refractivity contribution is 0.173. The smallest absolute Gasteiger partial charge is 0.165 e. The molecule has 0 unspecified atom stereocenters. The minimum absolute atomic E-state index is 0.257. The number of ether oxygens (including phenoxy) is 1. The molecule has 2 aliphatic rings. The molecule has 3 heterocycles.